The minimum atomic E-state index is -1.04. The van der Waals surface area contributed by atoms with Crippen molar-refractivity contribution in [3.63, 3.8) is 0 Å². The third-order valence-corrected chi connectivity index (χ3v) is 2.77. The number of aliphatic carboxylic acids is 1. The number of carbonyl (C=O) groups excluding carboxylic acids is 2. The van der Waals surface area contributed by atoms with Crippen LogP contribution in [0.2, 0.25) is 0 Å². The quantitative estimate of drug-likeness (QED) is 0.689. The van der Waals surface area contributed by atoms with Crippen LogP contribution in [-0.4, -0.2) is 41.0 Å². The van der Waals surface area contributed by atoms with Crippen molar-refractivity contribution >= 4 is 17.9 Å². The molecule has 21 heavy (non-hydrogen) atoms. The number of nitrogens with zero attached hydrogens (tertiary/aromatic N) is 1. The van der Waals surface area contributed by atoms with Crippen molar-refractivity contribution < 1.29 is 19.5 Å². The van der Waals surface area contributed by atoms with Gasteiger partial charge in [0.2, 0.25) is 0 Å². The van der Waals surface area contributed by atoms with Crippen molar-refractivity contribution in [1.29, 1.82) is 0 Å². The lowest BCUT2D eigenvalue weighted by molar-refractivity contribution is -0.137. The molecule has 7 heteroatoms. The molecule has 0 radical (unpaired) electrons. The van der Waals surface area contributed by atoms with Crippen LogP contribution in [0.1, 0.15) is 29.3 Å². The summed E-state index contributed by atoms with van der Waals surface area (Å²) in [5, 5.41) is 11.3. The van der Waals surface area contributed by atoms with E-state index in [9.17, 15) is 14.4 Å². The maximum Gasteiger partial charge on any atom is 0.323 e. The van der Waals surface area contributed by atoms with Gasteiger partial charge in [0.1, 0.15) is 6.54 Å². The number of nitrogens with one attached hydrogen (secondary N) is 1. The second-order valence-corrected chi connectivity index (χ2v) is 4.54. The van der Waals surface area contributed by atoms with Crippen LogP contribution in [0, 0.1) is 0 Å². The highest BCUT2D eigenvalue weighted by Crippen LogP contribution is 2.08. The summed E-state index contributed by atoms with van der Waals surface area (Å²) < 4.78 is 0. The number of hydrogen-bond donors (Lipinski definition) is 3. The average molecular weight is 293 g/mol. The van der Waals surface area contributed by atoms with E-state index < -0.39 is 12.0 Å². The molecule has 0 saturated heterocycles. The summed E-state index contributed by atoms with van der Waals surface area (Å²) in [6, 6.07) is 5.96. The molecule has 1 rings (SSSR count). The normalized spacial score (nSPS) is 9.95. The number of rotatable bonds is 7. The zero-order valence-electron chi connectivity index (χ0n) is 11.8. The van der Waals surface area contributed by atoms with E-state index in [1.165, 1.54) is 4.90 Å². The molecule has 7 nitrogen and oxygen atoms in total. The molecule has 0 spiro atoms. The first kappa shape index (κ1) is 16.5. The molecular formula is C14H19N3O4. The lowest BCUT2D eigenvalue weighted by Crippen LogP contribution is -2.36. The van der Waals surface area contributed by atoms with Gasteiger partial charge in [-0.25, -0.2) is 4.79 Å². The molecule has 1 aromatic rings. The molecule has 4 N–H and O–H groups in total. The molecule has 0 aliphatic heterocycles. The smallest absolute Gasteiger partial charge is 0.323 e. The Hall–Kier alpha value is -2.57. The predicted octanol–water partition coefficient (Wildman–Crippen LogP) is 0.792. The number of carboxylic acid groups (broad SMARTS) is 1. The van der Waals surface area contributed by atoms with Crippen LogP contribution in [0.4, 0.5) is 4.79 Å². The fourth-order valence-electron chi connectivity index (χ4n) is 1.82. The Morgan fingerprint density at radius 3 is 2.33 bits per heavy atom. The van der Waals surface area contributed by atoms with Gasteiger partial charge in [0, 0.05) is 18.7 Å². The fraction of sp³-hybridized carbons (Fsp3) is 0.357. The molecular weight excluding hydrogens is 274 g/mol. The molecule has 0 bridgehead atoms. The van der Waals surface area contributed by atoms with Crippen LogP contribution in [0.5, 0.6) is 0 Å². The topological polar surface area (TPSA) is 113 Å². The van der Waals surface area contributed by atoms with Crippen molar-refractivity contribution in [3.05, 3.63) is 35.4 Å². The molecule has 1 aromatic carbocycles. The zero-order chi connectivity index (χ0) is 15.8. The number of carboxylic acids is 1. The van der Waals surface area contributed by atoms with Crippen LogP contribution in [-0.2, 0) is 11.3 Å². The first-order chi connectivity index (χ1) is 9.93. The molecule has 0 aromatic heterocycles. The zero-order valence-corrected chi connectivity index (χ0v) is 11.8. The van der Waals surface area contributed by atoms with E-state index in [1.54, 1.807) is 24.3 Å². The third-order valence-electron chi connectivity index (χ3n) is 2.77. The second-order valence-electron chi connectivity index (χ2n) is 4.54. The minimum Gasteiger partial charge on any atom is -0.480 e. The first-order valence-corrected chi connectivity index (χ1v) is 6.57. The molecule has 0 aliphatic rings. The van der Waals surface area contributed by atoms with Crippen molar-refractivity contribution in [2.24, 2.45) is 5.73 Å². The van der Waals surface area contributed by atoms with Gasteiger partial charge < -0.3 is 21.1 Å². The molecule has 114 valence electrons. The van der Waals surface area contributed by atoms with Gasteiger partial charge in [-0.2, -0.15) is 0 Å². The summed E-state index contributed by atoms with van der Waals surface area (Å²) in [5.41, 5.74) is 6.18. The van der Waals surface area contributed by atoms with Crippen LogP contribution in [0.3, 0.4) is 0 Å². The standard InChI is InChI=1S/C14H19N3O4/c1-2-7-17(9-12(18)19)13(20)11-5-3-10(4-6-11)8-16-14(15)21/h3-6H,2,7-9H2,1H3,(H,18,19)(H3,15,16,21). The molecule has 0 atom stereocenters. The Balaban J connectivity index is 2.76. The first-order valence-electron chi connectivity index (χ1n) is 6.57. The minimum absolute atomic E-state index is 0.275. The number of primary amides is 1. The molecule has 0 fully saturated rings. The van der Waals surface area contributed by atoms with E-state index in [2.05, 4.69) is 5.32 Å². The van der Waals surface area contributed by atoms with Gasteiger partial charge in [0.15, 0.2) is 0 Å². The Morgan fingerprint density at radius 2 is 1.86 bits per heavy atom. The number of carbonyl (C=O) groups is 3. The number of benzene rings is 1. The van der Waals surface area contributed by atoms with E-state index in [1.807, 2.05) is 6.92 Å². The molecule has 0 saturated carbocycles. The second kappa shape index (κ2) is 7.88. The Morgan fingerprint density at radius 1 is 1.24 bits per heavy atom. The number of nitrogens with two attached hydrogens (primary N) is 1. The number of amides is 3. The van der Waals surface area contributed by atoms with Crippen molar-refractivity contribution in [3.8, 4) is 0 Å². The lowest BCUT2D eigenvalue weighted by atomic mass is 10.1. The summed E-state index contributed by atoms with van der Waals surface area (Å²) >= 11 is 0. The summed E-state index contributed by atoms with van der Waals surface area (Å²) in [6.45, 7) is 2.21. The van der Waals surface area contributed by atoms with Crippen molar-refractivity contribution in [2.75, 3.05) is 13.1 Å². The maximum atomic E-state index is 12.2. The van der Waals surface area contributed by atoms with Crippen molar-refractivity contribution in [2.45, 2.75) is 19.9 Å². The van der Waals surface area contributed by atoms with E-state index in [4.69, 9.17) is 10.8 Å². The fourth-order valence-corrected chi connectivity index (χ4v) is 1.82. The number of urea groups is 1. The van der Waals surface area contributed by atoms with E-state index in [-0.39, 0.29) is 19.0 Å². The highest BCUT2D eigenvalue weighted by Gasteiger charge is 2.17. The molecule has 3 amide bonds. The lowest BCUT2D eigenvalue weighted by Gasteiger charge is -2.20. The van der Waals surface area contributed by atoms with Gasteiger partial charge in [-0.1, -0.05) is 19.1 Å². The van der Waals surface area contributed by atoms with E-state index in [0.717, 1.165) is 5.56 Å². The molecule has 0 unspecified atom stereocenters. The average Bonchev–Trinajstić information content (AvgIpc) is 2.44. The maximum absolute atomic E-state index is 12.2. The van der Waals surface area contributed by atoms with Gasteiger partial charge in [-0.15, -0.1) is 0 Å². The summed E-state index contributed by atoms with van der Waals surface area (Å²) in [7, 11) is 0. The summed E-state index contributed by atoms with van der Waals surface area (Å²) in [6.07, 6.45) is 0.680. The van der Waals surface area contributed by atoms with Crippen molar-refractivity contribution in [1.82, 2.24) is 10.2 Å². The summed E-state index contributed by atoms with van der Waals surface area (Å²) in [5.74, 6) is -1.37. The van der Waals surface area contributed by atoms with Gasteiger partial charge >= 0.3 is 12.0 Å². The number of hydrogen-bond acceptors (Lipinski definition) is 3. The SMILES string of the molecule is CCCN(CC(=O)O)C(=O)c1ccc(CNC(N)=O)cc1. The van der Waals surface area contributed by atoms with Gasteiger partial charge in [0.05, 0.1) is 0 Å². The predicted molar refractivity (Wildman–Crippen MR) is 76.7 cm³/mol. The van der Waals surface area contributed by atoms with Crippen LogP contribution in [0.25, 0.3) is 0 Å². The molecule has 0 heterocycles. The van der Waals surface area contributed by atoms with E-state index in [0.29, 0.717) is 18.5 Å². The highest BCUT2D eigenvalue weighted by atomic mass is 16.4. The van der Waals surface area contributed by atoms with Gasteiger partial charge in [-0.05, 0) is 24.1 Å². The highest BCUT2D eigenvalue weighted by molar-refractivity contribution is 5.95. The van der Waals surface area contributed by atoms with Gasteiger partial charge in [0.25, 0.3) is 5.91 Å². The monoisotopic (exact) mass is 293 g/mol. The van der Waals surface area contributed by atoms with Crippen LogP contribution >= 0.6 is 0 Å². The van der Waals surface area contributed by atoms with Gasteiger partial charge in [-0.3, -0.25) is 9.59 Å². The molecule has 0 aliphatic carbocycles. The van der Waals surface area contributed by atoms with E-state index >= 15 is 0 Å². The van der Waals surface area contributed by atoms with Crippen LogP contribution in [0.15, 0.2) is 24.3 Å². The third kappa shape index (κ3) is 5.52. The Kier molecular flexibility index (Phi) is 6.19. The Bertz CT molecular complexity index is 513. The van der Waals surface area contributed by atoms with Crippen LogP contribution < -0.4 is 11.1 Å². The largest absolute Gasteiger partial charge is 0.480 e. The summed E-state index contributed by atoms with van der Waals surface area (Å²) in [4.78, 5) is 34.9. The Labute approximate surface area is 122 Å².